The van der Waals surface area contributed by atoms with E-state index in [1.165, 1.54) is 0 Å². The lowest BCUT2D eigenvalue weighted by atomic mass is 10.3. The smallest absolute Gasteiger partial charge is 0.147 e. The quantitative estimate of drug-likeness (QED) is 0.794. The van der Waals surface area contributed by atoms with E-state index in [4.69, 9.17) is 0 Å². The lowest BCUT2D eigenvalue weighted by Crippen LogP contribution is -2.72. The van der Waals surface area contributed by atoms with Crippen LogP contribution in [0.5, 0.6) is 0 Å². The second-order valence-corrected chi connectivity index (χ2v) is 4.31. The Morgan fingerprint density at radius 2 is 1.84 bits per heavy atom. The number of hydrogen-bond acceptors (Lipinski definition) is 4. The van der Waals surface area contributed by atoms with Crippen molar-refractivity contribution in [2.24, 2.45) is 10.2 Å². The van der Waals surface area contributed by atoms with Crippen LogP contribution in [0.4, 0.5) is 11.4 Å². The van der Waals surface area contributed by atoms with Crippen LogP contribution in [-0.2, 0) is 0 Å². The van der Waals surface area contributed by atoms with Gasteiger partial charge in [0.15, 0.2) is 0 Å². The standard InChI is InChI=1S/C14H21N5/c1-12(19(5)11-10-15-2)16-17-13-6-8-14(9-7-13)18(3)4/h6-11,15H,1H2,2-5H3/p+1/b11-10-,17-16?. The summed E-state index contributed by atoms with van der Waals surface area (Å²) in [7, 11) is 7.85. The highest BCUT2D eigenvalue weighted by Crippen LogP contribution is 2.19. The first-order chi connectivity index (χ1) is 9.04. The molecule has 0 bridgehead atoms. The van der Waals surface area contributed by atoms with Crippen molar-refractivity contribution in [2.45, 2.75) is 0 Å². The number of rotatable bonds is 6. The summed E-state index contributed by atoms with van der Waals surface area (Å²) in [6, 6.07) is 7.88. The minimum atomic E-state index is 0.592. The van der Waals surface area contributed by atoms with Gasteiger partial charge in [0.05, 0.1) is 18.9 Å². The van der Waals surface area contributed by atoms with Gasteiger partial charge in [-0.2, -0.15) is 0 Å². The first kappa shape index (κ1) is 14.9. The van der Waals surface area contributed by atoms with Gasteiger partial charge in [-0.3, -0.25) is 0 Å². The second kappa shape index (κ2) is 7.33. The molecule has 0 amide bonds. The normalized spacial score (nSPS) is 11.2. The van der Waals surface area contributed by atoms with E-state index >= 15 is 0 Å². The Balaban J connectivity index is 2.65. The third kappa shape index (κ3) is 4.93. The zero-order chi connectivity index (χ0) is 14.3. The Bertz CT molecular complexity index is 459. The molecule has 1 rings (SSSR count). The van der Waals surface area contributed by atoms with E-state index in [0.29, 0.717) is 5.82 Å². The number of anilines is 1. The van der Waals surface area contributed by atoms with Crippen LogP contribution in [0.2, 0.25) is 0 Å². The molecule has 5 heteroatoms. The second-order valence-electron chi connectivity index (χ2n) is 4.31. The maximum Gasteiger partial charge on any atom is 0.147 e. The summed E-state index contributed by atoms with van der Waals surface area (Å²) in [6.07, 6.45) is 3.81. The average molecular weight is 260 g/mol. The zero-order valence-corrected chi connectivity index (χ0v) is 12.0. The van der Waals surface area contributed by atoms with Crippen molar-refractivity contribution in [3.05, 3.63) is 49.1 Å². The van der Waals surface area contributed by atoms with Gasteiger partial charge in [-0.15, -0.1) is 10.2 Å². The number of hydrogen-bond donors (Lipinski definition) is 1. The minimum absolute atomic E-state index is 0.592. The molecule has 0 spiro atoms. The molecule has 0 aromatic heterocycles. The molecule has 102 valence electrons. The van der Waals surface area contributed by atoms with Gasteiger partial charge in [-0.1, -0.05) is 6.58 Å². The molecule has 0 aliphatic heterocycles. The maximum absolute atomic E-state index is 4.16. The van der Waals surface area contributed by atoms with Crippen LogP contribution in [0.3, 0.4) is 0 Å². The van der Waals surface area contributed by atoms with E-state index in [-0.39, 0.29) is 0 Å². The molecule has 0 saturated carbocycles. The highest BCUT2D eigenvalue weighted by atomic mass is 15.3. The monoisotopic (exact) mass is 260 g/mol. The first-order valence-corrected chi connectivity index (χ1v) is 6.11. The average Bonchev–Trinajstić information content (AvgIpc) is 2.42. The van der Waals surface area contributed by atoms with Crippen LogP contribution in [0.1, 0.15) is 0 Å². The van der Waals surface area contributed by atoms with Crippen LogP contribution in [0.25, 0.3) is 0 Å². The lowest BCUT2D eigenvalue weighted by Gasteiger charge is -2.12. The topological polar surface area (TPSA) is 47.8 Å². The molecule has 2 N–H and O–H groups in total. The van der Waals surface area contributed by atoms with Gasteiger partial charge in [-0.05, 0) is 24.3 Å². The highest BCUT2D eigenvalue weighted by molar-refractivity contribution is 5.51. The first-order valence-electron chi connectivity index (χ1n) is 6.11. The third-order valence-electron chi connectivity index (χ3n) is 2.56. The van der Waals surface area contributed by atoms with Gasteiger partial charge in [0.1, 0.15) is 12.0 Å². The SMILES string of the molecule is C=C(N=Nc1ccc(N(C)C)cc1)N(C)/C=C\[NH2+]C. The molecule has 19 heavy (non-hydrogen) atoms. The van der Waals surface area contributed by atoms with Gasteiger partial charge in [0.2, 0.25) is 0 Å². The summed E-state index contributed by atoms with van der Waals surface area (Å²) in [6.45, 7) is 3.86. The molecule has 0 fully saturated rings. The van der Waals surface area contributed by atoms with Gasteiger partial charge in [0.25, 0.3) is 0 Å². The fourth-order valence-corrected chi connectivity index (χ4v) is 1.30. The van der Waals surface area contributed by atoms with E-state index in [1.54, 1.807) is 0 Å². The van der Waals surface area contributed by atoms with Crippen LogP contribution < -0.4 is 10.2 Å². The van der Waals surface area contributed by atoms with Gasteiger partial charge >= 0.3 is 0 Å². The highest BCUT2D eigenvalue weighted by Gasteiger charge is 1.97. The van der Waals surface area contributed by atoms with Crippen LogP contribution in [0, 0.1) is 0 Å². The fourth-order valence-electron chi connectivity index (χ4n) is 1.30. The summed E-state index contributed by atoms with van der Waals surface area (Å²) in [4.78, 5) is 3.86. The molecule has 0 radical (unpaired) electrons. The summed E-state index contributed by atoms with van der Waals surface area (Å²) < 4.78 is 0. The molecular weight excluding hydrogens is 238 g/mol. The molecule has 0 saturated heterocycles. The summed E-state index contributed by atoms with van der Waals surface area (Å²) in [5, 5.41) is 10.2. The fraction of sp³-hybridized carbons (Fsp3) is 0.286. The Hall–Kier alpha value is -2.14. The Morgan fingerprint density at radius 3 is 2.37 bits per heavy atom. The molecular formula is C14H22N5+. The number of nitrogens with zero attached hydrogens (tertiary/aromatic N) is 4. The van der Waals surface area contributed by atoms with Crippen molar-refractivity contribution >= 4 is 11.4 Å². The van der Waals surface area contributed by atoms with Crippen LogP contribution in [-0.4, -0.2) is 33.1 Å². The van der Waals surface area contributed by atoms with E-state index < -0.39 is 0 Å². The number of azo groups is 1. The van der Waals surface area contributed by atoms with Gasteiger partial charge in [0, 0.05) is 26.8 Å². The Labute approximate surface area is 114 Å². The van der Waals surface area contributed by atoms with Gasteiger partial charge in [-0.25, -0.2) is 0 Å². The molecule has 0 unspecified atom stereocenters. The number of nitrogens with two attached hydrogens (primary N) is 1. The predicted molar refractivity (Wildman–Crippen MR) is 79.2 cm³/mol. The third-order valence-corrected chi connectivity index (χ3v) is 2.56. The molecule has 0 aliphatic carbocycles. The predicted octanol–water partition coefficient (Wildman–Crippen LogP) is 1.90. The largest absolute Gasteiger partial charge is 0.378 e. The lowest BCUT2D eigenvalue weighted by molar-refractivity contribution is -0.557. The van der Waals surface area contributed by atoms with Crippen molar-refractivity contribution < 1.29 is 5.32 Å². The van der Waals surface area contributed by atoms with Crippen molar-refractivity contribution in [1.82, 2.24) is 4.90 Å². The molecule has 1 aromatic carbocycles. The molecule has 1 aromatic rings. The summed E-state index contributed by atoms with van der Waals surface area (Å²) in [5.41, 5.74) is 1.95. The Kier molecular flexibility index (Phi) is 5.75. The zero-order valence-electron chi connectivity index (χ0n) is 12.0. The molecule has 0 aliphatic rings. The van der Waals surface area contributed by atoms with Crippen molar-refractivity contribution in [1.29, 1.82) is 0 Å². The maximum atomic E-state index is 4.16. The van der Waals surface area contributed by atoms with E-state index in [9.17, 15) is 0 Å². The van der Waals surface area contributed by atoms with Crippen molar-refractivity contribution in [2.75, 3.05) is 33.1 Å². The van der Waals surface area contributed by atoms with E-state index in [0.717, 1.165) is 11.4 Å². The molecule has 5 nitrogen and oxygen atoms in total. The van der Waals surface area contributed by atoms with E-state index in [1.807, 2.05) is 80.0 Å². The van der Waals surface area contributed by atoms with E-state index in [2.05, 4.69) is 16.8 Å². The van der Waals surface area contributed by atoms with Gasteiger partial charge < -0.3 is 15.1 Å². The minimum Gasteiger partial charge on any atom is -0.378 e. The Morgan fingerprint density at radius 1 is 1.21 bits per heavy atom. The summed E-state index contributed by atoms with van der Waals surface area (Å²) in [5.74, 6) is 0.592. The van der Waals surface area contributed by atoms with Crippen LogP contribution in [0.15, 0.2) is 59.3 Å². The molecule has 0 heterocycles. The summed E-state index contributed by atoms with van der Waals surface area (Å²) >= 11 is 0. The molecule has 0 atom stereocenters. The van der Waals surface area contributed by atoms with Crippen molar-refractivity contribution in [3.8, 4) is 0 Å². The van der Waals surface area contributed by atoms with Crippen molar-refractivity contribution in [3.63, 3.8) is 0 Å². The number of quaternary nitrogens is 1. The number of benzene rings is 1. The van der Waals surface area contributed by atoms with Crippen LogP contribution >= 0.6 is 0 Å².